The summed E-state index contributed by atoms with van der Waals surface area (Å²) in [6, 6.07) is 10.1. The van der Waals surface area contributed by atoms with Gasteiger partial charge in [-0.25, -0.2) is 18.1 Å². The minimum Gasteiger partial charge on any atom is -0.404 e. The number of aromatic nitrogens is 2. The highest BCUT2D eigenvalue weighted by Crippen LogP contribution is 2.31. The lowest BCUT2D eigenvalue weighted by molar-refractivity contribution is -0.135. The smallest absolute Gasteiger partial charge is 0.291 e. The van der Waals surface area contributed by atoms with Crippen LogP contribution in [0.15, 0.2) is 65.8 Å². The number of Topliss-reactive ketones (excluding diaryl/α,β-unsaturated/α-hetero) is 1. The third-order valence-electron chi connectivity index (χ3n) is 6.67. The van der Waals surface area contributed by atoms with Gasteiger partial charge in [-0.15, -0.1) is 6.42 Å². The second kappa shape index (κ2) is 21.3. The average Bonchev–Trinajstić information content (AvgIpc) is 3.66. The molecule has 2 aromatic carbocycles. The first-order chi connectivity index (χ1) is 27.3. The van der Waals surface area contributed by atoms with Crippen LogP contribution in [-0.2, 0) is 24.4 Å². The summed E-state index contributed by atoms with van der Waals surface area (Å²) in [6.45, 7) is 6.24. The molecule has 0 aliphatic rings. The molecule has 0 aliphatic carbocycles. The number of ether oxygens (including phenoxy) is 1. The van der Waals surface area contributed by atoms with Gasteiger partial charge >= 0.3 is 0 Å². The van der Waals surface area contributed by atoms with Crippen molar-refractivity contribution in [1.82, 2.24) is 14.3 Å². The maximum Gasteiger partial charge on any atom is 0.291 e. The Morgan fingerprint density at radius 3 is 1.93 bits per heavy atom. The highest BCUT2D eigenvalue weighted by Gasteiger charge is 2.38. The van der Waals surface area contributed by atoms with Crippen molar-refractivity contribution in [3.8, 4) is 113 Å². The van der Waals surface area contributed by atoms with Crippen LogP contribution >= 0.6 is 0 Å². The zero-order chi connectivity index (χ0) is 41.7. The van der Waals surface area contributed by atoms with Crippen molar-refractivity contribution >= 4 is 44.9 Å². The van der Waals surface area contributed by atoms with Crippen LogP contribution in [0.25, 0.3) is 0 Å². The molecule has 0 spiro atoms. The van der Waals surface area contributed by atoms with E-state index in [1.807, 2.05) is 4.72 Å². The van der Waals surface area contributed by atoms with Gasteiger partial charge in [0.2, 0.25) is 5.91 Å². The largest absolute Gasteiger partial charge is 0.404 e. The molecule has 1 atom stereocenters. The summed E-state index contributed by atoms with van der Waals surface area (Å²) >= 11 is 0. The number of imidazole rings is 1. The molecule has 0 bridgehead atoms. The number of benzene rings is 2. The summed E-state index contributed by atoms with van der Waals surface area (Å²) in [5.74, 6) is 35.1. The third-order valence-corrected chi connectivity index (χ3v) is 8.04. The van der Waals surface area contributed by atoms with Crippen molar-refractivity contribution < 1.29 is 55.2 Å². The topological polar surface area (TPSA) is 166 Å². The lowest BCUT2D eigenvalue weighted by Crippen LogP contribution is -2.40. The molecule has 1 unspecified atom stereocenters. The quantitative estimate of drug-likeness (QED) is 0.145. The minimum atomic E-state index is -4.41. The lowest BCUT2D eigenvalue weighted by atomic mass is 9.86. The number of anilines is 2. The summed E-state index contributed by atoms with van der Waals surface area (Å²) < 4.78 is 34.6. The van der Waals surface area contributed by atoms with Crippen molar-refractivity contribution in [2.24, 2.45) is 5.41 Å². The Labute approximate surface area is 355 Å². The lowest BCUT2D eigenvalue weighted by Gasteiger charge is -2.26. The van der Waals surface area contributed by atoms with Gasteiger partial charge in [0.25, 0.3) is 21.8 Å². The zero-order valence-corrected chi connectivity index (χ0v) is 31.6. The molecule has 1 heterocycles. The molecular formula is C44H61N5O7S. The Balaban J connectivity index is -0.000000181. The number of rotatable bonds is 10. The maximum atomic E-state index is 14.1. The number of nitrogens with zero attached hydrogens (tertiary/aromatic N) is 2. The molecule has 57 heavy (non-hydrogen) atoms. The van der Waals surface area contributed by atoms with Crippen molar-refractivity contribution in [2.75, 3.05) is 10.6 Å². The van der Waals surface area contributed by atoms with Crippen LogP contribution in [0.3, 0.4) is 0 Å². The Morgan fingerprint density at radius 1 is 0.825 bits per heavy atom. The number of terminal acetylenes is 1. The first-order valence-corrected chi connectivity index (χ1v) is 17.8. The van der Waals surface area contributed by atoms with Gasteiger partial charge in [-0.3, -0.25) is 19.2 Å². The Hall–Kier alpha value is -8.48. The van der Waals surface area contributed by atoms with Crippen LogP contribution in [0.4, 0.5) is 11.4 Å². The number of carbonyl (C=O) groups is 4. The van der Waals surface area contributed by atoms with Crippen molar-refractivity contribution in [3.63, 3.8) is 0 Å². The highest BCUT2D eigenvalue weighted by molar-refractivity contribution is 7.90. The van der Waals surface area contributed by atoms with Crippen LogP contribution in [-0.4, -0.2) is 41.5 Å². The van der Waals surface area contributed by atoms with Crippen molar-refractivity contribution in [1.29, 1.82) is 0 Å². The monoisotopic (exact) mass is 803 g/mol. The molecule has 3 aromatic rings. The minimum absolute atomic E-state index is 0. The Kier molecular flexibility index (Phi) is 16.0. The first-order valence-electron chi connectivity index (χ1n) is 16.3. The van der Waals surface area contributed by atoms with Crippen LogP contribution in [0.2, 0.25) is 0 Å². The first kappa shape index (κ1) is 42.9. The SMILES string of the molecule is C#CC#CC#CC#CC#CC#CC#CC#CC#COc1ccc(S(=O)(=O)NC(=O)CC)cc1NC(=O)C(C(=O)C(C)(C)C)n1ccnc1C(=O)Nc1ccccc1.[HH].[HH].[HH].[HH].[HH].[HH].[HH].[HH].[HH].[HH].[HH].[HH].[HH].[HH].[HH].[HH]. The Morgan fingerprint density at radius 2 is 1.39 bits per heavy atom. The van der Waals surface area contributed by atoms with E-state index in [9.17, 15) is 27.6 Å². The fourth-order valence-electron chi connectivity index (χ4n) is 4.08. The summed E-state index contributed by atoms with van der Waals surface area (Å²) in [5.41, 5.74) is -0.910. The molecule has 0 fully saturated rings. The molecular weight excluding hydrogens is 743 g/mol. The average molecular weight is 804 g/mol. The number of hydrogen-bond donors (Lipinski definition) is 3. The van der Waals surface area contributed by atoms with Gasteiger partial charge in [-0.2, -0.15) is 0 Å². The molecule has 3 N–H and O–H groups in total. The summed E-state index contributed by atoms with van der Waals surface area (Å²) in [4.78, 5) is 56.9. The molecule has 1 aromatic heterocycles. The standard InChI is InChI=1S/C44H29N5O7S.16H2/c1-6-8-9-10-11-12-13-14-15-16-17-18-19-20-21-25-32-56-37-29-28-35(57(54,55)48-38(50)7-2)33-36(37)47-42(52)39(40(51)44(3,4)5)49-31-30-45-41(49)43(53)46-34-26-23-22-24-27-34;;;;;;;;;;;;;;;;/h1,22-24,26-31,33,39H,7H2,2-5H3,(H,46,53)(H,47,52)(H,48,50);16*1H. The van der Waals surface area contributed by atoms with Gasteiger partial charge in [0, 0.05) is 100 Å². The maximum absolute atomic E-state index is 14.1. The fourth-order valence-corrected chi connectivity index (χ4v) is 5.16. The highest BCUT2D eigenvalue weighted by atomic mass is 32.2. The van der Waals surface area contributed by atoms with E-state index in [1.165, 1.54) is 25.4 Å². The summed E-state index contributed by atoms with van der Waals surface area (Å²) in [6.07, 6.45) is 9.71. The van der Waals surface area contributed by atoms with Crippen molar-refractivity contribution in [3.05, 3.63) is 66.7 Å². The molecule has 310 valence electrons. The molecule has 3 amide bonds. The van der Waals surface area contributed by atoms with E-state index < -0.39 is 49.9 Å². The van der Waals surface area contributed by atoms with Gasteiger partial charge < -0.3 is 19.9 Å². The molecule has 0 aliphatic heterocycles. The number of carbonyl (C=O) groups excluding carboxylic acids is 4. The van der Waals surface area contributed by atoms with E-state index in [4.69, 9.17) is 11.2 Å². The second-order valence-electron chi connectivity index (χ2n) is 11.7. The van der Waals surface area contributed by atoms with Crippen LogP contribution < -0.4 is 20.1 Å². The number of para-hydroxylation sites is 1. The predicted molar refractivity (Wildman–Crippen MR) is 246 cm³/mol. The van der Waals surface area contributed by atoms with Gasteiger partial charge in [-0.05, 0) is 77.7 Å². The number of amides is 3. The molecule has 3 rings (SSSR count). The number of hydrogen-bond acceptors (Lipinski definition) is 8. The van der Waals surface area contributed by atoms with Crippen molar-refractivity contribution in [2.45, 2.75) is 45.1 Å². The van der Waals surface area contributed by atoms with Gasteiger partial charge in [0.05, 0.1) is 10.6 Å². The van der Waals surface area contributed by atoms with E-state index in [-0.39, 0.29) is 46.5 Å². The van der Waals surface area contributed by atoms with Crippen LogP contribution in [0, 0.1) is 113 Å². The van der Waals surface area contributed by atoms with E-state index >= 15 is 0 Å². The fraction of sp³-hybridized carbons (Fsp3) is 0.159. The molecule has 13 heteroatoms. The van der Waals surface area contributed by atoms with Gasteiger partial charge in [0.1, 0.15) is 6.11 Å². The van der Waals surface area contributed by atoms with E-state index in [1.54, 1.807) is 51.1 Å². The predicted octanol–water partition coefficient (Wildman–Crippen LogP) is 7.08. The summed E-state index contributed by atoms with van der Waals surface area (Å²) in [7, 11) is -4.41. The third kappa shape index (κ3) is 13.8. The molecule has 0 saturated carbocycles. The van der Waals surface area contributed by atoms with Gasteiger partial charge in [-0.1, -0.05) is 45.9 Å². The zero-order valence-electron chi connectivity index (χ0n) is 30.8. The number of ketones is 1. The second-order valence-corrected chi connectivity index (χ2v) is 13.4. The van der Waals surface area contributed by atoms with Crippen LogP contribution in [0.1, 0.15) is 73.6 Å². The normalized spacial score (nSPS) is 9.74. The van der Waals surface area contributed by atoms with E-state index in [0.717, 1.165) is 16.7 Å². The number of sulfonamides is 1. The summed E-state index contributed by atoms with van der Waals surface area (Å²) in [5, 5.41) is 5.21. The molecule has 0 saturated heterocycles. The van der Waals surface area contributed by atoms with E-state index in [0.29, 0.717) is 5.69 Å². The molecule has 12 nitrogen and oxygen atoms in total. The van der Waals surface area contributed by atoms with E-state index in [2.05, 4.69) is 116 Å². The van der Waals surface area contributed by atoms with Gasteiger partial charge in [0.15, 0.2) is 23.4 Å². The molecule has 0 radical (unpaired) electrons. The number of nitrogens with one attached hydrogen (secondary N) is 3. The van der Waals surface area contributed by atoms with Crippen LogP contribution in [0.5, 0.6) is 5.75 Å². The Bertz CT molecular complexity index is 2820.